The Hall–Kier alpha value is -1.06. The van der Waals surface area contributed by atoms with Crippen LogP contribution in [-0.4, -0.2) is 19.2 Å². The van der Waals surface area contributed by atoms with Crippen LogP contribution in [-0.2, 0) is 14.3 Å². The molecule has 0 aromatic heterocycles. The average molecular weight is 158 g/mol. The first-order chi connectivity index (χ1) is 5.24. The zero-order chi connectivity index (χ0) is 8.27. The van der Waals surface area contributed by atoms with Crippen LogP contribution in [0.3, 0.4) is 0 Å². The van der Waals surface area contributed by atoms with Crippen molar-refractivity contribution in [3.8, 4) is 0 Å². The van der Waals surface area contributed by atoms with Crippen LogP contribution in [0.4, 0.5) is 4.79 Å². The molecule has 0 unspecified atom stereocenters. The highest BCUT2D eigenvalue weighted by Crippen LogP contribution is 2.27. The molecule has 0 atom stereocenters. The van der Waals surface area contributed by atoms with Gasteiger partial charge in [-0.15, -0.1) is 0 Å². The third-order valence-corrected chi connectivity index (χ3v) is 1.79. The molecule has 0 heterocycles. The first kappa shape index (κ1) is 8.04. The lowest BCUT2D eigenvalue weighted by Gasteiger charge is -2.21. The van der Waals surface area contributed by atoms with Gasteiger partial charge in [0, 0.05) is 0 Å². The van der Waals surface area contributed by atoms with Crippen molar-refractivity contribution in [2.24, 2.45) is 5.92 Å². The van der Waals surface area contributed by atoms with Gasteiger partial charge in [0.1, 0.15) is 0 Å². The van der Waals surface area contributed by atoms with Gasteiger partial charge in [-0.3, -0.25) is 4.79 Å². The summed E-state index contributed by atoms with van der Waals surface area (Å²) in [7, 11) is 1.18. The lowest BCUT2D eigenvalue weighted by molar-refractivity contribution is -0.146. The van der Waals surface area contributed by atoms with Crippen molar-refractivity contribution in [1.29, 1.82) is 0 Å². The molecule has 0 saturated heterocycles. The van der Waals surface area contributed by atoms with Gasteiger partial charge in [0.25, 0.3) is 0 Å². The van der Waals surface area contributed by atoms with Gasteiger partial charge in [0.05, 0.1) is 13.0 Å². The summed E-state index contributed by atoms with van der Waals surface area (Å²) in [4.78, 5) is 21.3. The van der Waals surface area contributed by atoms with E-state index < -0.39 is 12.1 Å². The summed E-state index contributed by atoms with van der Waals surface area (Å²) in [6.07, 6.45) is 1.79. The Morgan fingerprint density at radius 1 is 1.36 bits per heavy atom. The van der Waals surface area contributed by atoms with Crippen molar-refractivity contribution in [3.05, 3.63) is 0 Å². The predicted octanol–water partition coefficient (Wildman–Crippen LogP) is 1.10. The van der Waals surface area contributed by atoms with Gasteiger partial charge in [-0.1, -0.05) is 6.42 Å². The molecule has 1 rings (SSSR count). The number of rotatable bonds is 1. The minimum absolute atomic E-state index is 0.0749. The van der Waals surface area contributed by atoms with Crippen LogP contribution < -0.4 is 0 Å². The van der Waals surface area contributed by atoms with Crippen LogP contribution in [0.1, 0.15) is 19.3 Å². The number of methoxy groups -OCH3 is 1. The number of hydrogen-bond donors (Lipinski definition) is 0. The normalized spacial score (nSPS) is 16.8. The van der Waals surface area contributed by atoms with Gasteiger partial charge in [-0.25, -0.2) is 4.79 Å². The molecule has 0 aromatic carbocycles. The van der Waals surface area contributed by atoms with E-state index in [2.05, 4.69) is 9.47 Å². The van der Waals surface area contributed by atoms with E-state index in [0.29, 0.717) is 0 Å². The molecule has 0 radical (unpaired) electrons. The standard InChI is InChI=1S/C7H10O4/c1-10-7(9)11-6(8)5-3-2-4-5/h5H,2-4H2,1H3. The summed E-state index contributed by atoms with van der Waals surface area (Å²) in [6, 6.07) is 0. The lowest BCUT2D eigenvalue weighted by Crippen LogP contribution is -2.26. The van der Waals surface area contributed by atoms with E-state index in [1.165, 1.54) is 7.11 Å². The molecular weight excluding hydrogens is 148 g/mol. The number of ether oxygens (including phenoxy) is 2. The minimum Gasteiger partial charge on any atom is -0.437 e. The minimum atomic E-state index is -0.915. The number of esters is 1. The van der Waals surface area contributed by atoms with Crippen molar-refractivity contribution in [3.63, 3.8) is 0 Å². The quantitative estimate of drug-likeness (QED) is 0.423. The van der Waals surface area contributed by atoms with Crippen LogP contribution >= 0.6 is 0 Å². The van der Waals surface area contributed by atoms with Gasteiger partial charge in [-0.2, -0.15) is 0 Å². The van der Waals surface area contributed by atoms with E-state index in [1.54, 1.807) is 0 Å². The molecular formula is C7H10O4. The van der Waals surface area contributed by atoms with E-state index in [1.807, 2.05) is 0 Å². The number of carbonyl (C=O) groups is 2. The molecule has 11 heavy (non-hydrogen) atoms. The van der Waals surface area contributed by atoms with Gasteiger partial charge in [-0.05, 0) is 12.8 Å². The van der Waals surface area contributed by atoms with E-state index in [4.69, 9.17) is 0 Å². The Bertz CT molecular complexity index is 171. The summed E-state index contributed by atoms with van der Waals surface area (Å²) < 4.78 is 8.46. The zero-order valence-electron chi connectivity index (χ0n) is 6.33. The van der Waals surface area contributed by atoms with Crippen molar-refractivity contribution >= 4 is 12.1 Å². The first-order valence-corrected chi connectivity index (χ1v) is 3.53. The maximum absolute atomic E-state index is 10.9. The Balaban J connectivity index is 2.25. The second-order valence-corrected chi connectivity index (χ2v) is 2.50. The van der Waals surface area contributed by atoms with Crippen molar-refractivity contribution in [2.45, 2.75) is 19.3 Å². The molecule has 0 amide bonds. The van der Waals surface area contributed by atoms with Crippen LogP contribution in [0.5, 0.6) is 0 Å². The van der Waals surface area contributed by atoms with Gasteiger partial charge in [0.2, 0.25) is 0 Å². The number of carbonyl (C=O) groups excluding carboxylic acids is 2. The molecule has 1 aliphatic rings. The topological polar surface area (TPSA) is 52.6 Å². The lowest BCUT2D eigenvalue weighted by atomic mass is 9.86. The van der Waals surface area contributed by atoms with E-state index in [0.717, 1.165) is 19.3 Å². The summed E-state index contributed by atoms with van der Waals surface area (Å²) in [6.45, 7) is 0. The van der Waals surface area contributed by atoms with Crippen LogP contribution in [0.2, 0.25) is 0 Å². The first-order valence-electron chi connectivity index (χ1n) is 3.53. The molecule has 0 aromatic rings. The van der Waals surface area contributed by atoms with Crippen LogP contribution in [0.25, 0.3) is 0 Å². The van der Waals surface area contributed by atoms with Crippen LogP contribution in [0.15, 0.2) is 0 Å². The molecule has 0 spiro atoms. The van der Waals surface area contributed by atoms with E-state index in [-0.39, 0.29) is 5.92 Å². The Labute approximate surface area is 64.5 Å². The largest absolute Gasteiger partial charge is 0.515 e. The fraction of sp³-hybridized carbons (Fsp3) is 0.714. The van der Waals surface area contributed by atoms with Crippen LogP contribution in [0, 0.1) is 5.92 Å². The molecule has 1 saturated carbocycles. The highest BCUT2D eigenvalue weighted by atomic mass is 16.7. The average Bonchev–Trinajstić information content (AvgIpc) is 1.83. The molecule has 0 N–H and O–H groups in total. The number of hydrogen-bond acceptors (Lipinski definition) is 4. The fourth-order valence-corrected chi connectivity index (χ4v) is 0.851. The third-order valence-electron chi connectivity index (χ3n) is 1.79. The van der Waals surface area contributed by atoms with Crippen molar-refractivity contribution in [2.75, 3.05) is 7.11 Å². The monoisotopic (exact) mass is 158 g/mol. The third kappa shape index (κ3) is 1.93. The van der Waals surface area contributed by atoms with Gasteiger partial charge in [0.15, 0.2) is 0 Å². The second-order valence-electron chi connectivity index (χ2n) is 2.50. The summed E-state index contributed by atoms with van der Waals surface area (Å²) in [5, 5.41) is 0. The summed E-state index contributed by atoms with van der Waals surface area (Å²) in [5.41, 5.74) is 0. The molecule has 62 valence electrons. The molecule has 1 aliphatic carbocycles. The highest BCUT2D eigenvalue weighted by Gasteiger charge is 2.28. The molecule has 4 nitrogen and oxygen atoms in total. The zero-order valence-corrected chi connectivity index (χ0v) is 6.33. The maximum atomic E-state index is 10.9. The van der Waals surface area contributed by atoms with Gasteiger partial charge >= 0.3 is 12.1 Å². The summed E-state index contributed by atoms with van der Waals surface area (Å²) >= 11 is 0. The Morgan fingerprint density at radius 2 is 2.00 bits per heavy atom. The maximum Gasteiger partial charge on any atom is 0.515 e. The Morgan fingerprint density at radius 3 is 2.36 bits per heavy atom. The predicted molar refractivity (Wildman–Crippen MR) is 35.8 cm³/mol. The van der Waals surface area contributed by atoms with Crippen molar-refractivity contribution in [1.82, 2.24) is 0 Å². The van der Waals surface area contributed by atoms with E-state index in [9.17, 15) is 9.59 Å². The summed E-state index contributed by atoms with van der Waals surface area (Å²) in [5.74, 6) is -0.530. The highest BCUT2D eigenvalue weighted by molar-refractivity contribution is 5.83. The SMILES string of the molecule is COC(=O)OC(=O)C1CCC1. The molecule has 0 aliphatic heterocycles. The second kappa shape index (κ2) is 3.37. The Kier molecular flexibility index (Phi) is 2.46. The smallest absolute Gasteiger partial charge is 0.437 e. The molecule has 1 fully saturated rings. The van der Waals surface area contributed by atoms with Crippen molar-refractivity contribution < 1.29 is 19.1 Å². The molecule has 4 heteroatoms. The fourth-order valence-electron chi connectivity index (χ4n) is 0.851. The van der Waals surface area contributed by atoms with E-state index >= 15 is 0 Å². The van der Waals surface area contributed by atoms with Gasteiger partial charge < -0.3 is 9.47 Å². The molecule has 0 bridgehead atoms.